The van der Waals surface area contributed by atoms with Gasteiger partial charge < -0.3 is 4.74 Å². The molecule has 0 aromatic carbocycles. The van der Waals surface area contributed by atoms with Gasteiger partial charge in [-0.05, 0) is 25.7 Å². The van der Waals surface area contributed by atoms with E-state index in [4.69, 9.17) is 16.3 Å². The van der Waals surface area contributed by atoms with Crippen LogP contribution < -0.4 is 4.72 Å². The molecule has 9 heteroatoms. The number of nitrogens with one attached hydrogen (secondary N) is 1. The van der Waals surface area contributed by atoms with Crippen LogP contribution in [0.3, 0.4) is 0 Å². The summed E-state index contributed by atoms with van der Waals surface area (Å²) in [7, 11) is -3.71. The lowest BCUT2D eigenvalue weighted by Crippen LogP contribution is -2.40. The van der Waals surface area contributed by atoms with E-state index in [2.05, 4.69) is 9.71 Å². The van der Waals surface area contributed by atoms with E-state index < -0.39 is 10.0 Å². The van der Waals surface area contributed by atoms with Crippen LogP contribution in [0.15, 0.2) is 16.6 Å². The van der Waals surface area contributed by atoms with Gasteiger partial charge in [0.15, 0.2) is 15.1 Å². The number of aromatic nitrogens is 2. The van der Waals surface area contributed by atoms with Gasteiger partial charge >= 0.3 is 0 Å². The predicted molar refractivity (Wildman–Crippen MR) is 81.4 cm³/mol. The number of halogens is 1. The molecule has 2 aromatic heterocycles. The van der Waals surface area contributed by atoms with E-state index in [1.807, 2.05) is 6.92 Å². The highest BCUT2D eigenvalue weighted by atomic mass is 35.5. The quantitative estimate of drug-likeness (QED) is 0.917. The van der Waals surface area contributed by atoms with Crippen molar-refractivity contribution < 1.29 is 13.2 Å². The molecule has 0 radical (unpaired) electrons. The van der Waals surface area contributed by atoms with Gasteiger partial charge in [-0.3, -0.25) is 4.40 Å². The second-order valence-corrected chi connectivity index (χ2v) is 7.98. The van der Waals surface area contributed by atoms with Gasteiger partial charge in [0, 0.05) is 30.8 Å². The van der Waals surface area contributed by atoms with E-state index in [1.54, 1.807) is 11.6 Å². The molecule has 1 N–H and O–H groups in total. The first-order valence-corrected chi connectivity index (χ1v) is 9.44. The van der Waals surface area contributed by atoms with Crippen LogP contribution >= 0.6 is 22.9 Å². The fourth-order valence-corrected chi connectivity index (χ4v) is 5.36. The van der Waals surface area contributed by atoms with Crippen LogP contribution in [0.1, 0.15) is 19.8 Å². The minimum absolute atomic E-state index is 0.00790. The van der Waals surface area contributed by atoms with Crippen LogP contribution in [-0.2, 0) is 14.8 Å². The van der Waals surface area contributed by atoms with Crippen molar-refractivity contribution in [2.24, 2.45) is 5.92 Å². The number of thiazole rings is 1. The van der Waals surface area contributed by atoms with Crippen LogP contribution in [0, 0.1) is 5.92 Å². The first kappa shape index (κ1) is 15.2. The van der Waals surface area contributed by atoms with Gasteiger partial charge in [0.25, 0.3) is 10.0 Å². The van der Waals surface area contributed by atoms with E-state index in [0.29, 0.717) is 18.2 Å². The Morgan fingerprint density at radius 3 is 2.95 bits per heavy atom. The normalized spacial score (nSPS) is 19.1. The highest BCUT2D eigenvalue weighted by molar-refractivity contribution is 7.89. The summed E-state index contributed by atoms with van der Waals surface area (Å²) in [6, 6.07) is -0.167. The minimum Gasteiger partial charge on any atom is -0.381 e. The van der Waals surface area contributed by atoms with Gasteiger partial charge in [0.2, 0.25) is 0 Å². The third-order valence-corrected chi connectivity index (χ3v) is 6.46. The molecule has 1 unspecified atom stereocenters. The number of nitrogens with zero attached hydrogens (tertiary/aromatic N) is 2. The standard InChI is InChI=1S/C12H16ClN3O3S2/c1-8(9-2-5-19-6-3-9)15-21(17,18)11-10(13)14-12-16(11)4-7-20-12/h4,7-9,15H,2-3,5-6H2,1H3. The number of hydrogen-bond acceptors (Lipinski definition) is 5. The Morgan fingerprint density at radius 2 is 2.24 bits per heavy atom. The molecule has 3 rings (SSSR count). The van der Waals surface area contributed by atoms with Crippen LogP contribution in [-0.4, -0.2) is 37.1 Å². The van der Waals surface area contributed by atoms with Gasteiger partial charge in [0.05, 0.1) is 0 Å². The van der Waals surface area contributed by atoms with Gasteiger partial charge in [-0.1, -0.05) is 11.6 Å². The maximum atomic E-state index is 12.6. The first-order chi connectivity index (χ1) is 9.99. The highest BCUT2D eigenvalue weighted by Crippen LogP contribution is 2.26. The molecular formula is C12H16ClN3O3S2. The number of fused-ring (bicyclic) bond motifs is 1. The van der Waals surface area contributed by atoms with E-state index >= 15 is 0 Å². The lowest BCUT2D eigenvalue weighted by atomic mass is 9.94. The topological polar surface area (TPSA) is 72.7 Å². The van der Waals surface area contributed by atoms with E-state index in [-0.39, 0.29) is 22.1 Å². The second-order valence-electron chi connectivity index (χ2n) is 5.12. The molecule has 1 atom stereocenters. The van der Waals surface area contributed by atoms with Crippen LogP contribution in [0.2, 0.25) is 5.15 Å². The highest BCUT2D eigenvalue weighted by Gasteiger charge is 2.30. The van der Waals surface area contributed by atoms with Crippen molar-refractivity contribution in [1.82, 2.24) is 14.1 Å². The number of ether oxygens (including phenoxy) is 1. The third kappa shape index (κ3) is 2.95. The minimum atomic E-state index is -3.71. The Kier molecular flexibility index (Phi) is 4.24. The zero-order valence-electron chi connectivity index (χ0n) is 11.5. The van der Waals surface area contributed by atoms with Crippen molar-refractivity contribution in [2.75, 3.05) is 13.2 Å². The Labute approximate surface area is 132 Å². The zero-order chi connectivity index (χ0) is 15.0. The fourth-order valence-electron chi connectivity index (χ4n) is 2.59. The molecule has 1 aliphatic rings. The summed E-state index contributed by atoms with van der Waals surface area (Å²) < 4.78 is 34.7. The summed E-state index contributed by atoms with van der Waals surface area (Å²) in [6.45, 7) is 3.24. The molecule has 0 bridgehead atoms. The molecule has 0 aliphatic carbocycles. The van der Waals surface area contributed by atoms with Crippen molar-refractivity contribution in [2.45, 2.75) is 30.8 Å². The summed E-state index contributed by atoms with van der Waals surface area (Å²) in [4.78, 5) is 4.64. The maximum Gasteiger partial charge on any atom is 0.260 e. The molecule has 1 fully saturated rings. The summed E-state index contributed by atoms with van der Waals surface area (Å²) in [5.74, 6) is 0.276. The molecule has 0 spiro atoms. The monoisotopic (exact) mass is 349 g/mol. The van der Waals surface area contributed by atoms with E-state index in [1.165, 1.54) is 15.7 Å². The molecule has 21 heavy (non-hydrogen) atoms. The van der Waals surface area contributed by atoms with Crippen LogP contribution in [0.5, 0.6) is 0 Å². The van der Waals surface area contributed by atoms with Crippen molar-refractivity contribution in [1.29, 1.82) is 0 Å². The molecule has 0 amide bonds. The first-order valence-electron chi connectivity index (χ1n) is 6.70. The summed E-state index contributed by atoms with van der Waals surface area (Å²) in [6.07, 6.45) is 3.38. The van der Waals surface area contributed by atoms with Gasteiger partial charge in [0.1, 0.15) is 0 Å². The Balaban J connectivity index is 1.86. The molecular weight excluding hydrogens is 334 g/mol. The van der Waals surface area contributed by atoms with Crippen molar-refractivity contribution in [3.05, 3.63) is 16.7 Å². The predicted octanol–water partition coefficient (Wildman–Crippen LogP) is 2.14. The maximum absolute atomic E-state index is 12.6. The molecule has 1 saturated heterocycles. The van der Waals surface area contributed by atoms with Crippen LogP contribution in [0.4, 0.5) is 0 Å². The second kappa shape index (κ2) is 5.85. The third-order valence-electron chi connectivity index (χ3n) is 3.75. The average Bonchev–Trinajstić information content (AvgIpc) is 2.98. The SMILES string of the molecule is CC(NS(=O)(=O)c1c(Cl)nc2sccn12)C1CCOCC1. The van der Waals surface area contributed by atoms with Crippen molar-refractivity contribution in [3.8, 4) is 0 Å². The molecule has 1 aliphatic heterocycles. The van der Waals surface area contributed by atoms with Gasteiger partial charge in [-0.2, -0.15) is 0 Å². The average molecular weight is 350 g/mol. The van der Waals surface area contributed by atoms with Gasteiger partial charge in [-0.25, -0.2) is 18.1 Å². The summed E-state index contributed by atoms with van der Waals surface area (Å²) >= 11 is 7.34. The molecule has 6 nitrogen and oxygen atoms in total. The van der Waals surface area contributed by atoms with Gasteiger partial charge in [-0.15, -0.1) is 11.3 Å². The van der Waals surface area contributed by atoms with Crippen molar-refractivity contribution >= 4 is 37.9 Å². The Morgan fingerprint density at radius 1 is 1.52 bits per heavy atom. The lowest BCUT2D eigenvalue weighted by molar-refractivity contribution is 0.0585. The smallest absolute Gasteiger partial charge is 0.260 e. The molecule has 2 aromatic rings. The van der Waals surface area contributed by atoms with E-state index in [9.17, 15) is 8.42 Å². The molecule has 116 valence electrons. The lowest BCUT2D eigenvalue weighted by Gasteiger charge is -2.28. The number of sulfonamides is 1. The fraction of sp³-hybridized carbons (Fsp3) is 0.583. The number of hydrogen-bond donors (Lipinski definition) is 1. The Hall–Kier alpha value is -0.670. The van der Waals surface area contributed by atoms with E-state index in [0.717, 1.165) is 12.8 Å². The molecule has 0 saturated carbocycles. The number of imidazole rings is 1. The molecule has 3 heterocycles. The van der Waals surface area contributed by atoms with Crippen molar-refractivity contribution in [3.63, 3.8) is 0 Å². The van der Waals surface area contributed by atoms with Crippen LogP contribution in [0.25, 0.3) is 4.96 Å². The Bertz CT molecular complexity index is 734. The summed E-state index contributed by atoms with van der Waals surface area (Å²) in [5.41, 5.74) is 0. The summed E-state index contributed by atoms with van der Waals surface area (Å²) in [5, 5.41) is 1.80. The largest absolute Gasteiger partial charge is 0.381 e. The number of rotatable bonds is 4. The zero-order valence-corrected chi connectivity index (χ0v) is 13.8.